The van der Waals surface area contributed by atoms with Gasteiger partial charge in [0.2, 0.25) is 0 Å². The van der Waals surface area contributed by atoms with E-state index in [1.54, 1.807) is 0 Å². The lowest BCUT2D eigenvalue weighted by Crippen LogP contribution is -2.56. The SMILES string of the molecule is CC(=O)O[C@@H]1C[C@H](O)O[C@H](C)[C@H]1O[Si](C)(C)C(C)(C)C. The molecule has 1 aliphatic rings. The highest BCUT2D eigenvalue weighted by Crippen LogP contribution is 2.39. The van der Waals surface area contributed by atoms with Crippen LogP contribution in [0.5, 0.6) is 0 Å². The first-order valence-corrected chi connectivity index (χ1v) is 10.0. The highest BCUT2D eigenvalue weighted by molar-refractivity contribution is 6.74. The summed E-state index contributed by atoms with van der Waals surface area (Å²) in [6, 6.07) is 0. The number of hydrogen-bond donors (Lipinski definition) is 1. The molecule has 0 aromatic heterocycles. The van der Waals surface area contributed by atoms with Crippen molar-refractivity contribution in [3.05, 3.63) is 0 Å². The van der Waals surface area contributed by atoms with Crippen molar-refractivity contribution in [1.82, 2.24) is 0 Å². The fourth-order valence-electron chi connectivity index (χ4n) is 2.03. The molecule has 4 atom stereocenters. The summed E-state index contributed by atoms with van der Waals surface area (Å²) in [4.78, 5) is 11.2. The second kappa shape index (κ2) is 6.13. The molecule has 0 aliphatic carbocycles. The van der Waals surface area contributed by atoms with Crippen LogP contribution < -0.4 is 0 Å². The van der Waals surface area contributed by atoms with Gasteiger partial charge in [-0.15, -0.1) is 0 Å². The number of aliphatic hydroxyl groups is 1. The van der Waals surface area contributed by atoms with Crippen LogP contribution in [0.4, 0.5) is 0 Å². The molecular weight excluding hydrogens is 276 g/mol. The number of aliphatic hydroxyl groups excluding tert-OH is 1. The second-order valence-electron chi connectivity index (χ2n) is 7.02. The summed E-state index contributed by atoms with van der Waals surface area (Å²) in [7, 11) is -2.00. The number of carbonyl (C=O) groups is 1. The van der Waals surface area contributed by atoms with Crippen molar-refractivity contribution < 1.29 is 23.8 Å². The molecule has 118 valence electrons. The standard InChI is InChI=1S/C14H28O5Si/c1-9-13(19-20(6,7)14(3,4)5)11(18-10(2)15)8-12(16)17-9/h9,11-13,16H,8H2,1-7H3/t9-,11-,12-,13-/m1/s1. The second-order valence-corrected chi connectivity index (χ2v) is 11.8. The smallest absolute Gasteiger partial charge is 0.302 e. The molecule has 20 heavy (non-hydrogen) atoms. The zero-order chi connectivity index (χ0) is 15.7. The minimum atomic E-state index is -2.00. The van der Waals surface area contributed by atoms with E-state index in [0.717, 1.165) is 0 Å². The van der Waals surface area contributed by atoms with Gasteiger partial charge in [-0.3, -0.25) is 4.79 Å². The van der Waals surface area contributed by atoms with Crippen molar-refractivity contribution in [3.63, 3.8) is 0 Å². The molecule has 0 bridgehead atoms. The molecule has 0 saturated carbocycles. The van der Waals surface area contributed by atoms with Crippen LogP contribution in [-0.2, 0) is 18.7 Å². The van der Waals surface area contributed by atoms with E-state index in [2.05, 4.69) is 33.9 Å². The lowest BCUT2D eigenvalue weighted by molar-refractivity contribution is -0.230. The summed E-state index contributed by atoms with van der Waals surface area (Å²) in [6.07, 6.45) is -1.75. The van der Waals surface area contributed by atoms with Crippen LogP contribution in [-0.4, -0.2) is 44.0 Å². The van der Waals surface area contributed by atoms with E-state index < -0.39 is 20.7 Å². The van der Waals surface area contributed by atoms with E-state index in [1.807, 2.05) is 6.92 Å². The van der Waals surface area contributed by atoms with E-state index >= 15 is 0 Å². The Hall–Kier alpha value is -0.433. The Morgan fingerprint density at radius 3 is 2.35 bits per heavy atom. The molecule has 0 aromatic carbocycles. The van der Waals surface area contributed by atoms with Crippen molar-refractivity contribution in [2.24, 2.45) is 0 Å². The Bertz CT molecular complexity index is 350. The lowest BCUT2D eigenvalue weighted by atomic mass is 10.0. The summed E-state index contributed by atoms with van der Waals surface area (Å²) in [6.45, 7) is 14.0. The van der Waals surface area contributed by atoms with Gasteiger partial charge in [0.05, 0.1) is 6.10 Å². The summed E-state index contributed by atoms with van der Waals surface area (Å²) in [5.74, 6) is -0.361. The Balaban J connectivity index is 2.89. The maximum atomic E-state index is 11.2. The van der Waals surface area contributed by atoms with Gasteiger partial charge < -0.3 is 19.0 Å². The fraction of sp³-hybridized carbons (Fsp3) is 0.929. The van der Waals surface area contributed by atoms with E-state index in [1.165, 1.54) is 6.92 Å². The minimum absolute atomic E-state index is 0.0591. The van der Waals surface area contributed by atoms with Gasteiger partial charge in [0, 0.05) is 13.3 Å². The molecule has 0 radical (unpaired) electrons. The van der Waals surface area contributed by atoms with E-state index in [9.17, 15) is 9.90 Å². The third-order valence-electron chi connectivity index (χ3n) is 4.19. The lowest BCUT2D eigenvalue weighted by Gasteiger charge is -2.45. The molecule has 0 spiro atoms. The zero-order valence-corrected chi connectivity index (χ0v) is 14.6. The normalized spacial score (nSPS) is 32.0. The highest BCUT2D eigenvalue weighted by Gasteiger charge is 2.46. The van der Waals surface area contributed by atoms with Crippen LogP contribution in [0.3, 0.4) is 0 Å². The number of carbonyl (C=O) groups excluding carboxylic acids is 1. The van der Waals surface area contributed by atoms with Crippen LogP contribution in [0.25, 0.3) is 0 Å². The topological polar surface area (TPSA) is 65.0 Å². The van der Waals surface area contributed by atoms with Crippen LogP contribution >= 0.6 is 0 Å². The average molecular weight is 304 g/mol. The van der Waals surface area contributed by atoms with E-state index in [0.29, 0.717) is 0 Å². The zero-order valence-electron chi connectivity index (χ0n) is 13.6. The number of ether oxygens (including phenoxy) is 2. The molecule has 1 saturated heterocycles. The van der Waals surface area contributed by atoms with Crippen molar-refractivity contribution in [2.75, 3.05) is 0 Å². The largest absolute Gasteiger partial charge is 0.460 e. The highest BCUT2D eigenvalue weighted by atomic mass is 28.4. The van der Waals surface area contributed by atoms with Gasteiger partial charge >= 0.3 is 5.97 Å². The van der Waals surface area contributed by atoms with Gasteiger partial charge in [0.1, 0.15) is 12.2 Å². The Morgan fingerprint density at radius 1 is 1.35 bits per heavy atom. The third-order valence-corrected chi connectivity index (χ3v) is 8.66. The maximum absolute atomic E-state index is 11.2. The summed E-state index contributed by atoms with van der Waals surface area (Å²) in [5.41, 5.74) is 0. The number of rotatable bonds is 3. The molecule has 5 nitrogen and oxygen atoms in total. The summed E-state index contributed by atoms with van der Waals surface area (Å²) < 4.78 is 17.1. The molecule has 0 aromatic rings. The van der Waals surface area contributed by atoms with Gasteiger partial charge in [-0.25, -0.2) is 0 Å². The number of esters is 1. The molecule has 6 heteroatoms. The van der Waals surface area contributed by atoms with E-state index in [4.69, 9.17) is 13.9 Å². The molecule has 1 N–H and O–H groups in total. The van der Waals surface area contributed by atoms with Crippen molar-refractivity contribution >= 4 is 14.3 Å². The summed E-state index contributed by atoms with van der Waals surface area (Å²) >= 11 is 0. The Morgan fingerprint density at radius 2 is 1.90 bits per heavy atom. The van der Waals surface area contributed by atoms with Crippen LogP contribution in [0, 0.1) is 0 Å². The average Bonchev–Trinajstić information content (AvgIpc) is 2.20. The molecule has 1 rings (SSSR count). The van der Waals surface area contributed by atoms with Crippen molar-refractivity contribution in [3.8, 4) is 0 Å². The van der Waals surface area contributed by atoms with Gasteiger partial charge in [-0.1, -0.05) is 20.8 Å². The van der Waals surface area contributed by atoms with Gasteiger partial charge in [0.25, 0.3) is 0 Å². The quantitative estimate of drug-likeness (QED) is 0.641. The Labute approximate surface area is 122 Å². The first kappa shape index (κ1) is 17.6. The molecule has 1 heterocycles. The van der Waals surface area contributed by atoms with Crippen LogP contribution in [0.15, 0.2) is 0 Å². The monoisotopic (exact) mass is 304 g/mol. The van der Waals surface area contributed by atoms with Crippen LogP contribution in [0.2, 0.25) is 18.1 Å². The van der Waals surface area contributed by atoms with Gasteiger partial charge in [-0.05, 0) is 25.1 Å². The third kappa shape index (κ3) is 4.28. The maximum Gasteiger partial charge on any atom is 0.302 e. The first-order valence-electron chi connectivity index (χ1n) is 7.12. The summed E-state index contributed by atoms with van der Waals surface area (Å²) in [5, 5.41) is 9.74. The molecule has 1 aliphatic heterocycles. The van der Waals surface area contributed by atoms with Crippen molar-refractivity contribution in [1.29, 1.82) is 0 Å². The molecular formula is C14H28O5Si. The van der Waals surface area contributed by atoms with Gasteiger partial charge in [0.15, 0.2) is 14.6 Å². The van der Waals surface area contributed by atoms with Gasteiger partial charge in [-0.2, -0.15) is 0 Å². The first-order chi connectivity index (χ1) is 8.94. The number of hydrogen-bond acceptors (Lipinski definition) is 5. The minimum Gasteiger partial charge on any atom is -0.460 e. The fourth-order valence-corrected chi connectivity index (χ4v) is 3.41. The van der Waals surface area contributed by atoms with Crippen LogP contribution in [0.1, 0.15) is 41.0 Å². The molecule has 1 fully saturated rings. The van der Waals surface area contributed by atoms with Crippen molar-refractivity contribution in [2.45, 2.75) is 83.8 Å². The molecule has 0 amide bonds. The predicted molar refractivity (Wildman–Crippen MR) is 78.8 cm³/mol. The predicted octanol–water partition coefficient (Wildman–Crippen LogP) is 2.44. The Kier molecular flexibility index (Phi) is 5.40. The molecule has 0 unspecified atom stereocenters. The van der Waals surface area contributed by atoms with E-state index in [-0.39, 0.29) is 29.6 Å².